The van der Waals surface area contributed by atoms with E-state index in [-0.39, 0.29) is 10.6 Å². The second-order valence-electron chi connectivity index (χ2n) is 4.04. The summed E-state index contributed by atoms with van der Waals surface area (Å²) in [6.07, 6.45) is 0.814. The average Bonchev–Trinajstić information content (AvgIpc) is 2.40. The molecule has 6 heteroatoms. The lowest BCUT2D eigenvalue weighted by molar-refractivity contribution is -0.384. The van der Waals surface area contributed by atoms with E-state index in [0.717, 1.165) is 12.0 Å². The summed E-state index contributed by atoms with van der Waals surface area (Å²) < 4.78 is 10.3. The first-order valence-corrected chi connectivity index (χ1v) is 6.27. The van der Waals surface area contributed by atoms with Gasteiger partial charge >= 0.3 is 0 Å². The van der Waals surface area contributed by atoms with Crippen molar-refractivity contribution in [2.24, 2.45) is 0 Å². The second kappa shape index (κ2) is 8.44. The summed E-state index contributed by atoms with van der Waals surface area (Å²) in [6, 6.07) is 5.10. The Hall–Kier alpha value is -1.66. The quantitative estimate of drug-likeness (QED) is 0.423. The van der Waals surface area contributed by atoms with E-state index in [9.17, 15) is 10.1 Å². The van der Waals surface area contributed by atoms with E-state index in [1.165, 1.54) is 0 Å². The Morgan fingerprint density at radius 2 is 2.16 bits per heavy atom. The summed E-state index contributed by atoms with van der Waals surface area (Å²) in [5, 5.41) is 13.9. The molecule has 0 saturated carbocycles. The molecule has 0 aliphatic carbocycles. The zero-order valence-electron chi connectivity index (χ0n) is 11.3. The normalized spacial score (nSPS) is 10.4. The van der Waals surface area contributed by atoms with Gasteiger partial charge in [-0.1, -0.05) is 6.07 Å². The van der Waals surface area contributed by atoms with Gasteiger partial charge in [0, 0.05) is 32.9 Å². The van der Waals surface area contributed by atoms with Gasteiger partial charge in [0.15, 0.2) is 0 Å². The molecule has 6 nitrogen and oxygen atoms in total. The van der Waals surface area contributed by atoms with Crippen LogP contribution in [0.25, 0.3) is 0 Å². The molecule has 0 aliphatic rings. The molecule has 0 atom stereocenters. The minimum atomic E-state index is -0.383. The number of hydrogen-bond donors (Lipinski definition) is 1. The van der Waals surface area contributed by atoms with Crippen LogP contribution < -0.4 is 5.32 Å². The first-order valence-electron chi connectivity index (χ1n) is 6.27. The Morgan fingerprint density at radius 1 is 1.37 bits per heavy atom. The van der Waals surface area contributed by atoms with Crippen LogP contribution in [0.15, 0.2) is 18.2 Å². The molecule has 0 radical (unpaired) electrons. The van der Waals surface area contributed by atoms with Crippen molar-refractivity contribution in [3.8, 4) is 0 Å². The minimum Gasteiger partial charge on any atom is -0.385 e. The third-order valence-corrected chi connectivity index (χ3v) is 2.53. The van der Waals surface area contributed by atoms with Crippen LogP contribution in [0.1, 0.15) is 18.9 Å². The highest BCUT2D eigenvalue weighted by atomic mass is 16.6. The van der Waals surface area contributed by atoms with Crippen LogP contribution in [-0.4, -0.2) is 31.8 Å². The molecule has 0 spiro atoms. The smallest absolute Gasteiger partial charge is 0.292 e. The van der Waals surface area contributed by atoms with Crippen LogP contribution >= 0.6 is 0 Å². The predicted octanol–water partition coefficient (Wildman–Crippen LogP) is 2.58. The van der Waals surface area contributed by atoms with E-state index in [1.54, 1.807) is 19.2 Å². The van der Waals surface area contributed by atoms with E-state index in [2.05, 4.69) is 5.32 Å². The number of nitro benzene ring substituents is 1. The molecule has 0 aromatic heterocycles. The van der Waals surface area contributed by atoms with Gasteiger partial charge in [-0.15, -0.1) is 0 Å². The van der Waals surface area contributed by atoms with E-state index in [0.29, 0.717) is 32.1 Å². The molecule has 1 aromatic carbocycles. The lowest BCUT2D eigenvalue weighted by Gasteiger charge is -2.07. The molecule has 0 amide bonds. The maximum Gasteiger partial charge on any atom is 0.292 e. The van der Waals surface area contributed by atoms with Crippen LogP contribution in [-0.2, 0) is 16.1 Å². The second-order valence-corrected chi connectivity index (χ2v) is 4.04. The molecule has 0 unspecified atom stereocenters. The molecule has 19 heavy (non-hydrogen) atoms. The summed E-state index contributed by atoms with van der Waals surface area (Å²) in [6.45, 7) is 4.15. The molecule has 1 rings (SSSR count). The summed E-state index contributed by atoms with van der Waals surface area (Å²) in [5.74, 6) is 0. The summed E-state index contributed by atoms with van der Waals surface area (Å²) >= 11 is 0. The van der Waals surface area contributed by atoms with Gasteiger partial charge in [0.1, 0.15) is 5.69 Å². The van der Waals surface area contributed by atoms with Crippen LogP contribution in [0.5, 0.6) is 0 Å². The number of ether oxygens (including phenoxy) is 2. The Bertz CT molecular complexity index is 410. The van der Waals surface area contributed by atoms with Gasteiger partial charge in [0.25, 0.3) is 5.69 Å². The first-order chi connectivity index (χ1) is 9.19. The fourth-order valence-corrected chi connectivity index (χ4v) is 1.65. The Kier molecular flexibility index (Phi) is 6.84. The highest BCUT2D eigenvalue weighted by molar-refractivity contribution is 5.62. The van der Waals surface area contributed by atoms with E-state index in [1.807, 2.05) is 13.0 Å². The maximum atomic E-state index is 11.0. The molecular weight excluding hydrogens is 248 g/mol. The summed E-state index contributed by atoms with van der Waals surface area (Å²) in [4.78, 5) is 10.6. The maximum absolute atomic E-state index is 11.0. The molecule has 1 aromatic rings. The fraction of sp³-hybridized carbons (Fsp3) is 0.538. The molecule has 0 aliphatic heterocycles. The third kappa shape index (κ3) is 5.23. The Labute approximate surface area is 112 Å². The number of nitro groups is 1. The number of nitrogens with one attached hydrogen (secondary N) is 1. The van der Waals surface area contributed by atoms with Gasteiger partial charge in [-0.2, -0.15) is 0 Å². The number of rotatable bonds is 9. The minimum absolute atomic E-state index is 0.0832. The topological polar surface area (TPSA) is 73.6 Å². The monoisotopic (exact) mass is 268 g/mol. The van der Waals surface area contributed by atoms with Crippen molar-refractivity contribution >= 4 is 11.4 Å². The van der Waals surface area contributed by atoms with Gasteiger partial charge in [-0.05, 0) is 25.0 Å². The average molecular weight is 268 g/mol. The lowest BCUT2D eigenvalue weighted by atomic mass is 10.2. The number of hydrogen-bond acceptors (Lipinski definition) is 5. The molecule has 0 saturated heterocycles. The largest absolute Gasteiger partial charge is 0.385 e. The van der Waals surface area contributed by atoms with Gasteiger partial charge < -0.3 is 14.8 Å². The summed E-state index contributed by atoms with van der Waals surface area (Å²) in [5.41, 5.74) is 1.42. The fourth-order valence-electron chi connectivity index (χ4n) is 1.65. The lowest BCUT2D eigenvalue weighted by Crippen LogP contribution is -2.03. The van der Waals surface area contributed by atoms with Crippen LogP contribution in [0, 0.1) is 10.1 Å². The number of nitrogens with zero attached hydrogens (tertiary/aromatic N) is 1. The van der Waals surface area contributed by atoms with Gasteiger partial charge in [0.05, 0.1) is 11.5 Å². The van der Waals surface area contributed by atoms with Crippen molar-refractivity contribution in [3.05, 3.63) is 33.9 Å². The number of benzene rings is 1. The highest BCUT2D eigenvalue weighted by Gasteiger charge is 2.13. The molecule has 106 valence electrons. The van der Waals surface area contributed by atoms with Crippen molar-refractivity contribution in [1.82, 2.24) is 0 Å². The van der Waals surface area contributed by atoms with Crippen molar-refractivity contribution in [2.45, 2.75) is 20.0 Å². The standard InChI is InChI=1S/C13H20N2O4/c1-3-14-12-6-5-11(9-13(12)15(16)17)10-19-8-4-7-18-2/h5-6,9,14H,3-4,7-8,10H2,1-2H3. The zero-order chi connectivity index (χ0) is 14.1. The number of anilines is 1. The Balaban J connectivity index is 2.60. The van der Waals surface area contributed by atoms with E-state index in [4.69, 9.17) is 9.47 Å². The SMILES string of the molecule is CCNc1ccc(COCCCOC)cc1[N+](=O)[O-]. The molecule has 1 N–H and O–H groups in total. The van der Waals surface area contributed by atoms with Gasteiger partial charge in [-0.3, -0.25) is 10.1 Å². The molecule has 0 heterocycles. The van der Waals surface area contributed by atoms with Gasteiger partial charge in [0.2, 0.25) is 0 Å². The van der Waals surface area contributed by atoms with E-state index >= 15 is 0 Å². The van der Waals surface area contributed by atoms with Crippen LogP contribution in [0.2, 0.25) is 0 Å². The molecular formula is C13H20N2O4. The highest BCUT2D eigenvalue weighted by Crippen LogP contribution is 2.25. The zero-order valence-corrected chi connectivity index (χ0v) is 11.3. The van der Waals surface area contributed by atoms with Crippen LogP contribution in [0.4, 0.5) is 11.4 Å². The van der Waals surface area contributed by atoms with Crippen molar-refractivity contribution in [1.29, 1.82) is 0 Å². The van der Waals surface area contributed by atoms with Crippen LogP contribution in [0.3, 0.4) is 0 Å². The molecule has 0 bridgehead atoms. The van der Waals surface area contributed by atoms with Crippen molar-refractivity contribution in [2.75, 3.05) is 32.2 Å². The van der Waals surface area contributed by atoms with Crippen molar-refractivity contribution in [3.63, 3.8) is 0 Å². The summed E-state index contributed by atoms with van der Waals surface area (Å²) in [7, 11) is 1.64. The first kappa shape index (κ1) is 15.4. The molecule has 0 fully saturated rings. The van der Waals surface area contributed by atoms with Gasteiger partial charge in [-0.25, -0.2) is 0 Å². The number of methoxy groups -OCH3 is 1. The van der Waals surface area contributed by atoms with E-state index < -0.39 is 0 Å². The Morgan fingerprint density at radius 3 is 2.79 bits per heavy atom. The predicted molar refractivity (Wildman–Crippen MR) is 73.4 cm³/mol. The van der Waals surface area contributed by atoms with Crippen molar-refractivity contribution < 1.29 is 14.4 Å². The third-order valence-electron chi connectivity index (χ3n) is 2.53.